The summed E-state index contributed by atoms with van der Waals surface area (Å²) in [6.07, 6.45) is 5.56. The van der Waals surface area contributed by atoms with Crippen molar-refractivity contribution < 1.29 is 42.7 Å². The molecule has 3 aliphatic heterocycles. The van der Waals surface area contributed by atoms with Crippen LogP contribution >= 0.6 is 0 Å². The maximum Gasteiger partial charge on any atom is 0.342 e. The van der Waals surface area contributed by atoms with Crippen molar-refractivity contribution in [1.29, 1.82) is 0 Å². The lowest BCUT2D eigenvalue weighted by atomic mass is 9.99. The number of morpholine rings is 1. The number of benzene rings is 1. The van der Waals surface area contributed by atoms with Gasteiger partial charge in [0.25, 0.3) is 0 Å². The van der Waals surface area contributed by atoms with Gasteiger partial charge < -0.3 is 33.2 Å². The van der Waals surface area contributed by atoms with Crippen LogP contribution in [-0.4, -0.2) is 94.1 Å². The van der Waals surface area contributed by atoms with E-state index in [1.165, 1.54) is 13.2 Å². The van der Waals surface area contributed by atoms with Crippen LogP contribution in [-0.2, 0) is 28.5 Å². The summed E-state index contributed by atoms with van der Waals surface area (Å²) in [5.74, 6) is -0.990. The second-order valence-electron chi connectivity index (χ2n) is 10.7. The standard InChI is InChI=1S/C30H41NO9/c1-20-9-10-24(32)28-25(39-30(3,4)40-28)8-6-7-22-17-23(36-16-13-31-11-14-35-15-12-31)18-26(37-19-34-5)27(22)29(33)38-21(20)2/h6-7,9-10,17-18,20-21,25,28H,8,11-16,19H2,1-5H3/b7-6?,10-9-/t20-,21+,25+,28?/m1/s1. The Kier molecular flexibility index (Phi) is 10.4. The molecule has 220 valence electrons. The van der Waals surface area contributed by atoms with Crippen LogP contribution in [0, 0.1) is 5.92 Å². The second-order valence-corrected chi connectivity index (χ2v) is 10.7. The van der Waals surface area contributed by atoms with E-state index in [4.69, 9.17) is 33.2 Å². The van der Waals surface area contributed by atoms with E-state index in [1.54, 1.807) is 45.1 Å². The Morgan fingerprint density at radius 3 is 2.58 bits per heavy atom. The summed E-state index contributed by atoms with van der Waals surface area (Å²) in [7, 11) is 1.51. The Bertz CT molecular complexity index is 1090. The maximum absolute atomic E-state index is 13.5. The number of ketones is 1. The Labute approximate surface area is 236 Å². The SMILES string of the molecule is COCOc1cc(OCCN2CCOCC2)cc2c1C(=O)O[C@@H](C)[C@H](C)/C=C\C(=O)C1OC(C)(C)O[C@H]1CC=C2. The van der Waals surface area contributed by atoms with Gasteiger partial charge >= 0.3 is 5.97 Å². The number of esters is 1. The van der Waals surface area contributed by atoms with E-state index in [0.29, 0.717) is 43.3 Å². The van der Waals surface area contributed by atoms with Gasteiger partial charge in [0.1, 0.15) is 35.9 Å². The first-order valence-electron chi connectivity index (χ1n) is 13.8. The van der Waals surface area contributed by atoms with Crippen molar-refractivity contribution in [2.45, 2.75) is 58.2 Å². The number of cyclic esters (lactones) is 1. The maximum atomic E-state index is 13.5. The van der Waals surface area contributed by atoms with Gasteiger partial charge in [-0.2, -0.15) is 0 Å². The van der Waals surface area contributed by atoms with E-state index < -0.39 is 30.1 Å². The molecular formula is C30H41NO9. The molecule has 2 saturated heterocycles. The molecule has 3 heterocycles. The summed E-state index contributed by atoms with van der Waals surface area (Å²) in [4.78, 5) is 28.8. The zero-order chi connectivity index (χ0) is 28.7. The highest BCUT2D eigenvalue weighted by Gasteiger charge is 2.43. The van der Waals surface area contributed by atoms with Crippen LogP contribution in [0.5, 0.6) is 11.5 Å². The van der Waals surface area contributed by atoms with E-state index in [2.05, 4.69) is 4.90 Å². The van der Waals surface area contributed by atoms with E-state index in [0.717, 1.165) is 19.6 Å². The van der Waals surface area contributed by atoms with Crippen molar-refractivity contribution in [3.63, 3.8) is 0 Å². The number of rotatable bonds is 7. The topological polar surface area (TPSA) is 102 Å². The summed E-state index contributed by atoms with van der Waals surface area (Å²) in [6, 6.07) is 3.49. The van der Waals surface area contributed by atoms with Crippen LogP contribution in [0.15, 0.2) is 30.4 Å². The van der Waals surface area contributed by atoms with Gasteiger partial charge in [0.15, 0.2) is 18.4 Å². The molecular weight excluding hydrogens is 518 g/mol. The van der Waals surface area contributed by atoms with Crippen molar-refractivity contribution in [1.82, 2.24) is 4.90 Å². The monoisotopic (exact) mass is 559 g/mol. The summed E-state index contributed by atoms with van der Waals surface area (Å²) >= 11 is 0. The third-order valence-corrected chi connectivity index (χ3v) is 7.15. The van der Waals surface area contributed by atoms with Crippen LogP contribution in [0.1, 0.15) is 50.0 Å². The number of hydrogen-bond acceptors (Lipinski definition) is 10. The fourth-order valence-corrected chi connectivity index (χ4v) is 4.81. The molecule has 0 aliphatic carbocycles. The number of hydrogen-bond donors (Lipinski definition) is 0. The average molecular weight is 560 g/mol. The highest BCUT2D eigenvalue weighted by molar-refractivity contribution is 5.97. The van der Waals surface area contributed by atoms with E-state index >= 15 is 0 Å². The Hall–Kier alpha value is -2.76. The third kappa shape index (κ3) is 7.92. The lowest BCUT2D eigenvalue weighted by Crippen LogP contribution is -2.38. The first-order chi connectivity index (χ1) is 19.2. The molecule has 0 amide bonds. The van der Waals surface area contributed by atoms with Gasteiger partial charge in [0.05, 0.1) is 19.3 Å². The van der Waals surface area contributed by atoms with Gasteiger partial charge in [-0.15, -0.1) is 0 Å². The van der Waals surface area contributed by atoms with Gasteiger partial charge in [0, 0.05) is 38.7 Å². The van der Waals surface area contributed by atoms with Crippen molar-refractivity contribution in [2.75, 3.05) is 53.4 Å². The van der Waals surface area contributed by atoms with E-state index in [-0.39, 0.29) is 24.1 Å². The molecule has 0 N–H and O–H groups in total. The smallest absolute Gasteiger partial charge is 0.342 e. The highest BCUT2D eigenvalue weighted by atomic mass is 16.8. The van der Waals surface area contributed by atoms with Crippen molar-refractivity contribution in [3.8, 4) is 11.5 Å². The van der Waals surface area contributed by atoms with Crippen LogP contribution in [0.25, 0.3) is 6.08 Å². The Morgan fingerprint density at radius 2 is 1.82 bits per heavy atom. The molecule has 4 rings (SSSR count). The molecule has 40 heavy (non-hydrogen) atoms. The van der Waals surface area contributed by atoms with E-state index in [1.807, 2.05) is 13.0 Å². The van der Waals surface area contributed by atoms with Crippen molar-refractivity contribution in [3.05, 3.63) is 41.5 Å². The second kappa shape index (κ2) is 13.7. The van der Waals surface area contributed by atoms with Crippen molar-refractivity contribution >= 4 is 17.8 Å². The minimum absolute atomic E-state index is 0.0541. The minimum atomic E-state index is -0.890. The van der Waals surface area contributed by atoms with Gasteiger partial charge in [-0.05, 0) is 44.9 Å². The molecule has 1 aromatic rings. The molecule has 10 heteroatoms. The first-order valence-corrected chi connectivity index (χ1v) is 13.8. The number of methoxy groups -OCH3 is 1. The Morgan fingerprint density at radius 1 is 1.05 bits per heavy atom. The summed E-state index contributed by atoms with van der Waals surface area (Å²) in [5.41, 5.74) is 0.832. The normalized spacial score (nSPS) is 28.2. The first kappa shape index (κ1) is 30.2. The fraction of sp³-hybridized carbons (Fsp3) is 0.600. The summed E-state index contributed by atoms with van der Waals surface area (Å²) in [5, 5.41) is 0. The molecule has 10 nitrogen and oxygen atoms in total. The van der Waals surface area contributed by atoms with Crippen LogP contribution < -0.4 is 9.47 Å². The molecule has 1 unspecified atom stereocenters. The van der Waals surface area contributed by atoms with Gasteiger partial charge in [-0.3, -0.25) is 9.69 Å². The van der Waals surface area contributed by atoms with Gasteiger partial charge in [0.2, 0.25) is 0 Å². The number of nitrogens with zero attached hydrogens (tertiary/aromatic N) is 1. The molecule has 0 saturated carbocycles. The zero-order valence-electron chi connectivity index (χ0n) is 24.1. The predicted octanol–water partition coefficient (Wildman–Crippen LogP) is 3.62. The molecule has 0 bridgehead atoms. The number of ether oxygens (including phenoxy) is 7. The molecule has 2 fully saturated rings. The Balaban J connectivity index is 1.66. The van der Waals surface area contributed by atoms with Crippen LogP contribution in [0.3, 0.4) is 0 Å². The minimum Gasteiger partial charge on any atom is -0.492 e. The lowest BCUT2D eigenvalue weighted by Gasteiger charge is -2.26. The lowest BCUT2D eigenvalue weighted by molar-refractivity contribution is -0.152. The molecule has 0 spiro atoms. The van der Waals surface area contributed by atoms with E-state index in [9.17, 15) is 9.59 Å². The predicted molar refractivity (Wildman–Crippen MR) is 147 cm³/mol. The fourth-order valence-electron chi connectivity index (χ4n) is 4.81. The van der Waals surface area contributed by atoms with Crippen molar-refractivity contribution in [2.24, 2.45) is 5.92 Å². The van der Waals surface area contributed by atoms with Crippen LogP contribution in [0.4, 0.5) is 0 Å². The largest absolute Gasteiger partial charge is 0.492 e. The van der Waals surface area contributed by atoms with Crippen LogP contribution in [0.2, 0.25) is 0 Å². The molecule has 4 atom stereocenters. The quantitative estimate of drug-likeness (QED) is 0.364. The molecule has 1 aromatic carbocycles. The summed E-state index contributed by atoms with van der Waals surface area (Å²) in [6.45, 7) is 11.6. The van der Waals surface area contributed by atoms with Gasteiger partial charge in [-0.25, -0.2) is 4.79 Å². The number of carbonyl (C=O) groups is 2. The highest BCUT2D eigenvalue weighted by Crippen LogP contribution is 2.34. The molecule has 3 aliphatic rings. The molecule has 0 aromatic heterocycles. The molecule has 0 radical (unpaired) electrons. The number of carbonyl (C=O) groups excluding carboxylic acids is 2. The van der Waals surface area contributed by atoms with Gasteiger partial charge in [-0.1, -0.05) is 25.2 Å². The average Bonchev–Trinajstić information content (AvgIpc) is 3.24. The zero-order valence-corrected chi connectivity index (χ0v) is 24.1. The number of fused-ring (bicyclic) bond motifs is 2. The third-order valence-electron chi connectivity index (χ3n) is 7.15. The summed E-state index contributed by atoms with van der Waals surface area (Å²) < 4.78 is 40.3.